The van der Waals surface area contributed by atoms with Gasteiger partial charge < -0.3 is 0 Å². The molecule has 0 nitrogen and oxygen atoms in total. The molecule has 232 valence electrons. The SMILES string of the molecule is Fc1c(F)c2c(F)c(F)c1C(F)(F)C(F)(F)c1c(F)c(Sc3ccccc3)c(c(F)c1Sc1ccccc1)C(F)(F)C2(F)F. The van der Waals surface area contributed by atoms with Crippen molar-refractivity contribution < 1.29 is 61.5 Å². The molecule has 4 aliphatic carbocycles. The third kappa shape index (κ3) is 4.46. The average Bonchev–Trinajstić information content (AvgIpc) is 2.95. The molecule has 4 aromatic carbocycles. The van der Waals surface area contributed by atoms with Crippen LogP contribution in [0.2, 0.25) is 0 Å². The van der Waals surface area contributed by atoms with E-state index in [-0.39, 0.29) is 33.3 Å². The summed E-state index contributed by atoms with van der Waals surface area (Å²) < 4.78 is 217. The van der Waals surface area contributed by atoms with Crippen LogP contribution in [-0.2, 0) is 23.7 Å². The molecule has 0 aliphatic heterocycles. The highest BCUT2D eigenvalue weighted by Crippen LogP contribution is 2.62. The van der Waals surface area contributed by atoms with Gasteiger partial charge in [-0.3, -0.25) is 0 Å². The van der Waals surface area contributed by atoms with Gasteiger partial charge in [0.05, 0.1) is 20.9 Å². The maximum Gasteiger partial charge on any atom is 0.345 e. The van der Waals surface area contributed by atoms with Crippen LogP contribution in [0, 0.1) is 34.9 Å². The van der Waals surface area contributed by atoms with Gasteiger partial charge in [-0.05, 0) is 24.3 Å². The number of hydrogen-bond donors (Lipinski definition) is 0. The van der Waals surface area contributed by atoms with E-state index < -0.39 is 90.6 Å². The fourth-order valence-electron chi connectivity index (χ4n) is 4.42. The zero-order valence-corrected chi connectivity index (χ0v) is 22.5. The highest BCUT2D eigenvalue weighted by atomic mass is 32.2. The van der Waals surface area contributed by atoms with E-state index in [0.29, 0.717) is 0 Å². The van der Waals surface area contributed by atoms with Crippen LogP contribution < -0.4 is 0 Å². The second-order valence-electron chi connectivity index (χ2n) is 9.17. The summed E-state index contributed by atoms with van der Waals surface area (Å²) in [4.78, 5) is -4.95. The second-order valence-corrected chi connectivity index (χ2v) is 11.3. The van der Waals surface area contributed by atoms with Crippen LogP contribution in [0.1, 0.15) is 22.3 Å². The minimum absolute atomic E-state index is 0.379. The number of hydrogen-bond acceptors (Lipinski definition) is 2. The van der Waals surface area contributed by atoms with Crippen LogP contribution in [-0.4, -0.2) is 0 Å². The summed E-state index contributed by atoms with van der Waals surface area (Å²) in [6.45, 7) is 0. The molecule has 4 aliphatic rings. The third-order valence-corrected chi connectivity index (χ3v) is 8.72. The molecule has 0 N–H and O–H groups in total. The molecule has 0 radical (unpaired) electrons. The van der Waals surface area contributed by atoms with Crippen molar-refractivity contribution in [2.75, 3.05) is 0 Å². The number of halogens is 14. The lowest BCUT2D eigenvalue weighted by Crippen LogP contribution is -2.44. The van der Waals surface area contributed by atoms with Crippen LogP contribution in [0.15, 0.2) is 80.2 Å². The van der Waals surface area contributed by atoms with Crippen molar-refractivity contribution in [1.29, 1.82) is 0 Å². The molecular weight excluding hydrogens is 666 g/mol. The molecule has 4 bridgehead atoms. The Labute approximate surface area is 246 Å². The smallest absolute Gasteiger partial charge is 0.205 e. The lowest BCUT2D eigenvalue weighted by molar-refractivity contribution is -0.236. The summed E-state index contributed by atoms with van der Waals surface area (Å²) in [6.07, 6.45) is 0. The van der Waals surface area contributed by atoms with E-state index in [2.05, 4.69) is 0 Å². The minimum atomic E-state index is -6.53. The quantitative estimate of drug-likeness (QED) is 0.156. The molecule has 0 saturated heterocycles. The van der Waals surface area contributed by atoms with E-state index in [9.17, 15) is 17.6 Å². The Bertz CT molecular complexity index is 1610. The number of rotatable bonds is 4. The van der Waals surface area contributed by atoms with Crippen molar-refractivity contribution in [1.82, 2.24) is 0 Å². The first-order valence-corrected chi connectivity index (χ1v) is 13.4. The monoisotopic (exact) mass is 676 g/mol. The number of alkyl halides is 8. The Kier molecular flexibility index (Phi) is 7.71. The third-order valence-electron chi connectivity index (χ3n) is 6.53. The molecule has 0 unspecified atom stereocenters. The average molecular weight is 676 g/mol. The van der Waals surface area contributed by atoms with Gasteiger partial charge in [0.25, 0.3) is 0 Å². The van der Waals surface area contributed by atoms with Crippen molar-refractivity contribution in [3.8, 4) is 0 Å². The molecule has 16 heteroatoms. The highest BCUT2D eigenvalue weighted by molar-refractivity contribution is 8.00. The van der Waals surface area contributed by atoms with E-state index in [4.69, 9.17) is 0 Å². The van der Waals surface area contributed by atoms with Gasteiger partial charge in [-0.2, -0.15) is 35.1 Å². The summed E-state index contributed by atoms with van der Waals surface area (Å²) >= 11 is -0.758. The van der Waals surface area contributed by atoms with Crippen molar-refractivity contribution in [2.24, 2.45) is 0 Å². The zero-order chi connectivity index (χ0) is 32.6. The normalized spacial score (nSPS) is 17.8. The van der Waals surface area contributed by atoms with Gasteiger partial charge >= 0.3 is 23.7 Å². The largest absolute Gasteiger partial charge is 0.345 e. The maximum atomic E-state index is 16.2. The minimum Gasteiger partial charge on any atom is -0.205 e. The first-order valence-electron chi connectivity index (χ1n) is 11.8. The predicted molar refractivity (Wildman–Crippen MR) is 129 cm³/mol. The molecule has 0 heterocycles. The Morgan fingerprint density at radius 1 is 0.341 bits per heavy atom. The maximum absolute atomic E-state index is 16.2. The summed E-state index contributed by atoms with van der Waals surface area (Å²) in [7, 11) is 0. The van der Waals surface area contributed by atoms with Crippen LogP contribution in [0.5, 0.6) is 0 Å². The lowest BCUT2D eigenvalue weighted by atomic mass is 9.86. The topological polar surface area (TPSA) is 0 Å². The van der Waals surface area contributed by atoms with Crippen LogP contribution in [0.3, 0.4) is 0 Å². The van der Waals surface area contributed by atoms with Gasteiger partial charge in [0.15, 0.2) is 23.3 Å². The zero-order valence-electron chi connectivity index (χ0n) is 20.9. The standard InChI is InChI=1S/C28H10F14S2/c29-17-13-18(30)20(32)14(19(17)31)26(37,38)28(41,42)16-21(33)23(43-11-7-3-1-4-8-11)15(27(39,40)25(13,35)36)22(34)24(16)44-12-9-5-2-6-10-12/h1-10H. The van der Waals surface area contributed by atoms with Gasteiger partial charge in [0.2, 0.25) is 0 Å². The fourth-order valence-corrected chi connectivity index (χ4v) is 6.50. The van der Waals surface area contributed by atoms with Crippen molar-refractivity contribution in [3.63, 3.8) is 0 Å². The molecule has 0 atom stereocenters. The Morgan fingerprint density at radius 2 is 0.591 bits per heavy atom. The van der Waals surface area contributed by atoms with E-state index in [1.54, 1.807) is 0 Å². The summed E-state index contributed by atoms with van der Waals surface area (Å²) in [6, 6.07) is 11.3. The van der Waals surface area contributed by atoms with Crippen molar-refractivity contribution in [2.45, 2.75) is 43.3 Å². The second kappa shape index (κ2) is 10.6. The summed E-state index contributed by atoms with van der Waals surface area (Å²) in [5.74, 6) is -45.7. The Balaban J connectivity index is 2.04. The van der Waals surface area contributed by atoms with Crippen LogP contribution >= 0.6 is 23.5 Å². The first kappa shape index (κ1) is 32.0. The molecular formula is C28H10F14S2. The van der Waals surface area contributed by atoms with E-state index in [1.807, 2.05) is 0 Å². The van der Waals surface area contributed by atoms with Crippen LogP contribution in [0.25, 0.3) is 0 Å². The predicted octanol–water partition coefficient (Wildman–Crippen LogP) is 10.9. The van der Waals surface area contributed by atoms with Crippen molar-refractivity contribution >= 4 is 23.5 Å². The van der Waals surface area contributed by atoms with E-state index in [1.165, 1.54) is 36.4 Å². The van der Waals surface area contributed by atoms with Crippen molar-refractivity contribution in [3.05, 3.63) is 118 Å². The molecule has 0 aromatic heterocycles. The van der Waals surface area contributed by atoms with E-state index in [0.717, 1.165) is 24.3 Å². The Morgan fingerprint density at radius 3 is 0.864 bits per heavy atom. The molecule has 4 aromatic rings. The van der Waals surface area contributed by atoms with Gasteiger partial charge in [-0.25, -0.2) is 26.3 Å². The van der Waals surface area contributed by atoms with Gasteiger partial charge in [0, 0.05) is 9.79 Å². The molecule has 44 heavy (non-hydrogen) atoms. The lowest BCUT2D eigenvalue weighted by Gasteiger charge is -2.35. The van der Waals surface area contributed by atoms with Gasteiger partial charge in [0.1, 0.15) is 22.8 Å². The summed E-state index contributed by atoms with van der Waals surface area (Å²) in [5.41, 5.74) is -12.6. The first-order chi connectivity index (χ1) is 20.4. The fraction of sp³-hybridized carbons (Fsp3) is 0.143. The van der Waals surface area contributed by atoms with E-state index >= 15 is 43.9 Å². The molecule has 0 spiro atoms. The van der Waals surface area contributed by atoms with Gasteiger partial charge in [-0.15, -0.1) is 0 Å². The molecule has 0 fully saturated rings. The molecule has 0 amide bonds. The van der Waals surface area contributed by atoms with Gasteiger partial charge in [-0.1, -0.05) is 59.9 Å². The highest BCUT2D eigenvalue weighted by Gasteiger charge is 2.69. The molecule has 0 saturated carbocycles. The molecule has 8 rings (SSSR count). The Hall–Kier alpha value is -3.40. The number of benzene rings is 4. The summed E-state index contributed by atoms with van der Waals surface area (Å²) in [5, 5.41) is 0. The van der Waals surface area contributed by atoms with Crippen LogP contribution in [0.4, 0.5) is 61.5 Å².